The zero-order valence-electron chi connectivity index (χ0n) is 10.2. The molecule has 4 heteroatoms. The van der Waals surface area contributed by atoms with E-state index in [0.29, 0.717) is 12.3 Å². The molecule has 0 spiro atoms. The second-order valence-corrected chi connectivity index (χ2v) is 4.48. The van der Waals surface area contributed by atoms with Gasteiger partial charge in [0.1, 0.15) is 17.3 Å². The van der Waals surface area contributed by atoms with E-state index in [1.165, 1.54) is 6.07 Å². The predicted octanol–water partition coefficient (Wildman–Crippen LogP) is 4.24. The molecule has 2 nitrogen and oxygen atoms in total. The van der Waals surface area contributed by atoms with Gasteiger partial charge in [-0.1, -0.05) is 18.5 Å². The van der Waals surface area contributed by atoms with Gasteiger partial charge >= 0.3 is 0 Å². The molecule has 0 aliphatic heterocycles. The minimum atomic E-state index is -0.420. The maximum absolute atomic E-state index is 13.1. The van der Waals surface area contributed by atoms with Gasteiger partial charge < -0.3 is 9.73 Å². The Hall–Kier alpha value is -1.32. The first-order valence-electron chi connectivity index (χ1n) is 5.95. The summed E-state index contributed by atoms with van der Waals surface area (Å²) in [5, 5.41) is 3.36. The van der Waals surface area contributed by atoms with Crippen molar-refractivity contribution in [2.45, 2.75) is 19.9 Å². The van der Waals surface area contributed by atoms with Crippen molar-refractivity contribution >= 4 is 11.6 Å². The fraction of sp³-hybridized carbons (Fsp3) is 0.286. The zero-order valence-corrected chi connectivity index (χ0v) is 10.9. The van der Waals surface area contributed by atoms with Gasteiger partial charge in [0.15, 0.2) is 0 Å². The summed E-state index contributed by atoms with van der Waals surface area (Å²) in [5.74, 6) is 1.14. The van der Waals surface area contributed by atoms with Crippen LogP contribution in [0.5, 0.6) is 0 Å². The summed E-state index contributed by atoms with van der Waals surface area (Å²) in [7, 11) is 0. The molecule has 0 saturated heterocycles. The SMILES string of the molecule is CCCNCc1ccc(-c2ccc(F)c(Cl)c2)o1. The Kier molecular flexibility index (Phi) is 4.39. The van der Waals surface area contributed by atoms with Crippen LogP contribution < -0.4 is 5.32 Å². The number of rotatable bonds is 5. The molecule has 0 unspecified atom stereocenters. The van der Waals surface area contributed by atoms with Gasteiger partial charge in [-0.3, -0.25) is 0 Å². The second-order valence-electron chi connectivity index (χ2n) is 4.07. The number of benzene rings is 1. The minimum absolute atomic E-state index is 0.106. The van der Waals surface area contributed by atoms with Gasteiger partial charge in [-0.05, 0) is 43.3 Å². The van der Waals surface area contributed by atoms with Crippen LogP contribution in [0.4, 0.5) is 4.39 Å². The topological polar surface area (TPSA) is 25.2 Å². The molecule has 96 valence electrons. The third kappa shape index (κ3) is 3.12. The summed E-state index contributed by atoms with van der Waals surface area (Å²) in [5.41, 5.74) is 0.781. The van der Waals surface area contributed by atoms with Crippen LogP contribution in [0, 0.1) is 5.82 Å². The van der Waals surface area contributed by atoms with Crippen LogP contribution in [0.15, 0.2) is 34.7 Å². The number of halogens is 2. The molecule has 1 aromatic carbocycles. The molecule has 2 aromatic rings. The smallest absolute Gasteiger partial charge is 0.141 e. The van der Waals surface area contributed by atoms with E-state index in [1.54, 1.807) is 12.1 Å². The van der Waals surface area contributed by atoms with E-state index >= 15 is 0 Å². The van der Waals surface area contributed by atoms with Crippen LogP contribution in [0.1, 0.15) is 19.1 Å². The maximum atomic E-state index is 13.1. The summed E-state index contributed by atoms with van der Waals surface area (Å²) in [6.07, 6.45) is 1.08. The van der Waals surface area contributed by atoms with E-state index in [1.807, 2.05) is 12.1 Å². The molecular weight excluding hydrogens is 253 g/mol. The molecule has 2 rings (SSSR count). The number of nitrogens with one attached hydrogen (secondary N) is 1. The van der Waals surface area contributed by atoms with Crippen molar-refractivity contribution < 1.29 is 8.81 Å². The Morgan fingerprint density at radius 2 is 2.11 bits per heavy atom. The van der Waals surface area contributed by atoms with Crippen LogP contribution in [0.25, 0.3) is 11.3 Å². The first kappa shape index (κ1) is 13.1. The van der Waals surface area contributed by atoms with Gasteiger partial charge in [-0.2, -0.15) is 0 Å². The van der Waals surface area contributed by atoms with Gasteiger partial charge in [0.25, 0.3) is 0 Å². The molecule has 18 heavy (non-hydrogen) atoms. The monoisotopic (exact) mass is 267 g/mol. The van der Waals surface area contributed by atoms with E-state index in [2.05, 4.69) is 12.2 Å². The zero-order chi connectivity index (χ0) is 13.0. The summed E-state index contributed by atoms with van der Waals surface area (Å²) in [6.45, 7) is 3.77. The Morgan fingerprint density at radius 1 is 1.28 bits per heavy atom. The number of hydrogen-bond donors (Lipinski definition) is 1. The summed E-state index contributed by atoms with van der Waals surface area (Å²) in [6, 6.07) is 8.35. The summed E-state index contributed by atoms with van der Waals surface area (Å²) in [4.78, 5) is 0. The average molecular weight is 268 g/mol. The highest BCUT2D eigenvalue weighted by atomic mass is 35.5. The lowest BCUT2D eigenvalue weighted by molar-refractivity contribution is 0.493. The Bertz CT molecular complexity index is 524. The predicted molar refractivity (Wildman–Crippen MR) is 71.1 cm³/mol. The maximum Gasteiger partial charge on any atom is 0.141 e. The van der Waals surface area contributed by atoms with Gasteiger partial charge in [0, 0.05) is 5.56 Å². The Labute approximate surface area is 111 Å². The van der Waals surface area contributed by atoms with E-state index in [0.717, 1.165) is 24.3 Å². The van der Waals surface area contributed by atoms with Crippen molar-refractivity contribution in [1.82, 2.24) is 5.32 Å². The lowest BCUT2D eigenvalue weighted by Gasteiger charge is -2.01. The van der Waals surface area contributed by atoms with Crippen LogP contribution in [-0.2, 0) is 6.54 Å². The van der Waals surface area contributed by atoms with Crippen molar-refractivity contribution in [3.05, 3.63) is 46.9 Å². The highest BCUT2D eigenvalue weighted by Crippen LogP contribution is 2.26. The largest absolute Gasteiger partial charge is 0.460 e. The average Bonchev–Trinajstić information content (AvgIpc) is 2.82. The first-order chi connectivity index (χ1) is 8.70. The summed E-state index contributed by atoms with van der Waals surface area (Å²) >= 11 is 5.74. The molecule has 1 N–H and O–H groups in total. The van der Waals surface area contributed by atoms with Crippen molar-refractivity contribution in [3.8, 4) is 11.3 Å². The third-order valence-electron chi connectivity index (χ3n) is 2.59. The molecule has 0 atom stereocenters. The third-order valence-corrected chi connectivity index (χ3v) is 2.88. The Balaban J connectivity index is 2.11. The molecule has 1 aromatic heterocycles. The molecule has 0 bridgehead atoms. The molecular formula is C14H15ClFNO. The highest BCUT2D eigenvalue weighted by molar-refractivity contribution is 6.31. The van der Waals surface area contributed by atoms with Crippen molar-refractivity contribution in [3.63, 3.8) is 0 Å². The quantitative estimate of drug-likeness (QED) is 0.820. The number of hydrogen-bond acceptors (Lipinski definition) is 2. The van der Waals surface area contributed by atoms with Crippen molar-refractivity contribution in [1.29, 1.82) is 0 Å². The van der Waals surface area contributed by atoms with Crippen LogP contribution in [-0.4, -0.2) is 6.54 Å². The van der Waals surface area contributed by atoms with Crippen LogP contribution in [0.3, 0.4) is 0 Å². The lowest BCUT2D eigenvalue weighted by Crippen LogP contribution is -2.12. The Morgan fingerprint density at radius 3 is 2.83 bits per heavy atom. The van der Waals surface area contributed by atoms with Crippen LogP contribution in [0.2, 0.25) is 5.02 Å². The fourth-order valence-electron chi connectivity index (χ4n) is 1.67. The van der Waals surface area contributed by atoms with Crippen LogP contribution >= 0.6 is 11.6 Å². The second kappa shape index (κ2) is 6.03. The van der Waals surface area contributed by atoms with Gasteiger partial charge in [0.05, 0.1) is 11.6 Å². The van der Waals surface area contributed by atoms with Gasteiger partial charge in [-0.15, -0.1) is 0 Å². The van der Waals surface area contributed by atoms with E-state index < -0.39 is 5.82 Å². The fourth-order valence-corrected chi connectivity index (χ4v) is 1.85. The van der Waals surface area contributed by atoms with Crippen molar-refractivity contribution in [2.24, 2.45) is 0 Å². The molecule has 0 saturated carbocycles. The molecule has 0 aliphatic rings. The molecule has 1 heterocycles. The highest BCUT2D eigenvalue weighted by Gasteiger charge is 2.07. The normalized spacial score (nSPS) is 10.8. The van der Waals surface area contributed by atoms with Crippen molar-refractivity contribution in [2.75, 3.05) is 6.54 Å². The molecule has 0 radical (unpaired) electrons. The number of furan rings is 1. The molecule has 0 fully saturated rings. The molecule has 0 aliphatic carbocycles. The van der Waals surface area contributed by atoms with Gasteiger partial charge in [-0.25, -0.2) is 4.39 Å². The first-order valence-corrected chi connectivity index (χ1v) is 6.33. The van der Waals surface area contributed by atoms with E-state index in [4.69, 9.17) is 16.0 Å². The van der Waals surface area contributed by atoms with E-state index in [-0.39, 0.29) is 5.02 Å². The molecule has 0 amide bonds. The standard InChI is InChI=1S/C14H15ClFNO/c1-2-7-17-9-11-4-6-14(18-11)10-3-5-13(16)12(15)8-10/h3-6,8,17H,2,7,9H2,1H3. The lowest BCUT2D eigenvalue weighted by atomic mass is 10.2. The summed E-state index contributed by atoms with van der Waals surface area (Å²) < 4.78 is 18.7. The van der Waals surface area contributed by atoms with Gasteiger partial charge in [0.2, 0.25) is 0 Å². The van der Waals surface area contributed by atoms with E-state index in [9.17, 15) is 4.39 Å². The minimum Gasteiger partial charge on any atom is -0.460 e.